The van der Waals surface area contributed by atoms with Crippen LogP contribution in [-0.4, -0.2) is 25.2 Å². The van der Waals surface area contributed by atoms with Gasteiger partial charge in [-0.15, -0.1) is 0 Å². The van der Waals surface area contributed by atoms with E-state index in [-0.39, 0.29) is 0 Å². The predicted molar refractivity (Wildman–Crippen MR) is 112 cm³/mol. The molecule has 2 rings (SSSR count). The van der Waals surface area contributed by atoms with E-state index in [0.717, 1.165) is 25.3 Å². The minimum absolute atomic E-state index is 0.391. The topological polar surface area (TPSA) is 61.8 Å². The second-order valence-electron chi connectivity index (χ2n) is 6.92. The average molecular weight is 396 g/mol. The Morgan fingerprint density at radius 1 is 0.897 bits per heavy atom. The molecular weight excluding hydrogens is 368 g/mol. The van der Waals surface area contributed by atoms with Gasteiger partial charge in [0.05, 0.1) is 18.8 Å². The second kappa shape index (κ2) is 11.7. The summed E-state index contributed by atoms with van der Waals surface area (Å²) in [6, 6.07) is 14.4. The van der Waals surface area contributed by atoms with E-state index in [1.165, 1.54) is 5.56 Å². The SMILES string of the molecule is C=CC(=O)OCCCCCOc1ccc(C(=O)Oc2ccc(C(C)C)cc2)cc1. The van der Waals surface area contributed by atoms with E-state index in [2.05, 4.69) is 20.4 Å². The third-order valence-corrected chi connectivity index (χ3v) is 4.32. The van der Waals surface area contributed by atoms with Crippen LogP contribution in [0.15, 0.2) is 61.2 Å². The molecule has 0 atom stereocenters. The van der Waals surface area contributed by atoms with Crippen molar-refractivity contribution in [3.63, 3.8) is 0 Å². The van der Waals surface area contributed by atoms with Gasteiger partial charge in [-0.1, -0.05) is 32.6 Å². The molecule has 0 aliphatic rings. The predicted octanol–water partition coefficient (Wildman–Crippen LogP) is 5.31. The highest BCUT2D eigenvalue weighted by Gasteiger charge is 2.09. The first-order valence-electron chi connectivity index (χ1n) is 9.84. The largest absolute Gasteiger partial charge is 0.494 e. The number of benzene rings is 2. The van der Waals surface area contributed by atoms with Crippen LogP contribution in [0.3, 0.4) is 0 Å². The summed E-state index contributed by atoms with van der Waals surface area (Å²) in [4.78, 5) is 23.2. The van der Waals surface area contributed by atoms with Crippen molar-refractivity contribution < 1.29 is 23.8 Å². The van der Waals surface area contributed by atoms with Gasteiger partial charge in [-0.3, -0.25) is 0 Å². The van der Waals surface area contributed by atoms with Crippen LogP contribution in [0.1, 0.15) is 54.9 Å². The summed E-state index contributed by atoms with van der Waals surface area (Å²) in [6.45, 7) is 8.53. The first-order valence-corrected chi connectivity index (χ1v) is 9.84. The maximum absolute atomic E-state index is 12.3. The smallest absolute Gasteiger partial charge is 0.343 e. The van der Waals surface area contributed by atoms with Crippen LogP contribution >= 0.6 is 0 Å². The molecule has 0 saturated carbocycles. The molecule has 0 bridgehead atoms. The van der Waals surface area contributed by atoms with E-state index in [1.807, 2.05) is 24.3 Å². The lowest BCUT2D eigenvalue weighted by atomic mass is 10.0. The van der Waals surface area contributed by atoms with Crippen molar-refractivity contribution in [2.45, 2.75) is 39.0 Å². The molecule has 0 aromatic heterocycles. The van der Waals surface area contributed by atoms with E-state index in [4.69, 9.17) is 14.2 Å². The molecule has 5 heteroatoms. The Labute approximate surface area is 172 Å². The monoisotopic (exact) mass is 396 g/mol. The van der Waals surface area contributed by atoms with Crippen LogP contribution in [0, 0.1) is 0 Å². The van der Waals surface area contributed by atoms with E-state index < -0.39 is 11.9 Å². The van der Waals surface area contributed by atoms with E-state index in [0.29, 0.717) is 36.2 Å². The zero-order chi connectivity index (χ0) is 21.1. The fraction of sp³-hybridized carbons (Fsp3) is 0.333. The Morgan fingerprint density at radius 2 is 1.52 bits per heavy atom. The fourth-order valence-electron chi connectivity index (χ4n) is 2.58. The number of unbranched alkanes of at least 4 members (excludes halogenated alkanes) is 2. The van der Waals surface area contributed by atoms with Crippen LogP contribution < -0.4 is 9.47 Å². The normalized spacial score (nSPS) is 10.4. The summed E-state index contributed by atoms with van der Waals surface area (Å²) < 4.78 is 16.0. The number of rotatable bonds is 11. The van der Waals surface area contributed by atoms with Crippen molar-refractivity contribution in [1.29, 1.82) is 0 Å². The number of ether oxygens (including phenoxy) is 3. The minimum Gasteiger partial charge on any atom is -0.494 e. The Bertz CT molecular complexity index is 791. The Balaban J connectivity index is 1.71. The van der Waals surface area contributed by atoms with Crippen LogP contribution in [0.4, 0.5) is 0 Å². The molecule has 0 spiro atoms. The molecule has 0 saturated heterocycles. The number of hydrogen-bond acceptors (Lipinski definition) is 5. The van der Waals surface area contributed by atoms with Gasteiger partial charge >= 0.3 is 11.9 Å². The van der Waals surface area contributed by atoms with Gasteiger partial charge in [0, 0.05) is 6.08 Å². The highest BCUT2D eigenvalue weighted by Crippen LogP contribution is 2.20. The number of esters is 2. The molecular formula is C24H28O5. The third kappa shape index (κ3) is 7.82. The summed E-state index contributed by atoms with van der Waals surface area (Å²) in [7, 11) is 0. The van der Waals surface area contributed by atoms with E-state index >= 15 is 0 Å². The molecule has 0 N–H and O–H groups in total. The van der Waals surface area contributed by atoms with Crippen molar-refractivity contribution in [3.05, 3.63) is 72.3 Å². The first kappa shape index (κ1) is 22.2. The van der Waals surface area contributed by atoms with Crippen LogP contribution in [0.5, 0.6) is 11.5 Å². The van der Waals surface area contributed by atoms with Crippen molar-refractivity contribution in [2.24, 2.45) is 0 Å². The summed E-state index contributed by atoms with van der Waals surface area (Å²) in [5.41, 5.74) is 1.67. The van der Waals surface area contributed by atoms with Crippen LogP contribution in [0.2, 0.25) is 0 Å². The standard InChI is InChI=1S/C24H28O5/c1-4-23(25)28-17-7-5-6-16-27-21-12-10-20(11-13-21)24(26)29-22-14-8-19(9-15-22)18(2)3/h4,8-15,18H,1,5-7,16-17H2,2-3H3. The molecule has 0 fully saturated rings. The second-order valence-corrected chi connectivity index (χ2v) is 6.92. The maximum atomic E-state index is 12.3. The molecule has 29 heavy (non-hydrogen) atoms. The number of carbonyl (C=O) groups excluding carboxylic acids is 2. The van der Waals surface area contributed by atoms with E-state index in [1.54, 1.807) is 24.3 Å². The third-order valence-electron chi connectivity index (χ3n) is 4.32. The molecule has 2 aromatic rings. The fourth-order valence-corrected chi connectivity index (χ4v) is 2.58. The Kier molecular flexibility index (Phi) is 8.96. The van der Waals surface area contributed by atoms with Gasteiger partial charge in [0.25, 0.3) is 0 Å². The molecule has 0 aliphatic heterocycles. The maximum Gasteiger partial charge on any atom is 0.343 e. The molecule has 0 unspecified atom stereocenters. The van der Waals surface area contributed by atoms with Crippen molar-refractivity contribution in [3.8, 4) is 11.5 Å². The van der Waals surface area contributed by atoms with Gasteiger partial charge in [0.1, 0.15) is 11.5 Å². The zero-order valence-electron chi connectivity index (χ0n) is 17.1. The average Bonchev–Trinajstić information content (AvgIpc) is 2.73. The minimum atomic E-state index is -0.400. The molecule has 5 nitrogen and oxygen atoms in total. The van der Waals surface area contributed by atoms with E-state index in [9.17, 15) is 9.59 Å². The van der Waals surface area contributed by atoms with Gasteiger partial charge < -0.3 is 14.2 Å². The summed E-state index contributed by atoms with van der Waals surface area (Å²) in [5, 5.41) is 0. The van der Waals surface area contributed by atoms with Crippen LogP contribution in [0.25, 0.3) is 0 Å². The quantitative estimate of drug-likeness (QED) is 0.223. The molecule has 154 valence electrons. The molecule has 2 aromatic carbocycles. The van der Waals surface area contributed by atoms with Crippen molar-refractivity contribution in [1.82, 2.24) is 0 Å². The summed E-state index contributed by atoms with van der Waals surface area (Å²) in [5.74, 6) is 0.858. The van der Waals surface area contributed by atoms with Gasteiger partial charge in [-0.2, -0.15) is 0 Å². The van der Waals surface area contributed by atoms with Gasteiger partial charge in [0.15, 0.2) is 0 Å². The lowest BCUT2D eigenvalue weighted by molar-refractivity contribution is -0.137. The number of carbonyl (C=O) groups is 2. The molecule has 0 radical (unpaired) electrons. The Morgan fingerprint density at radius 3 is 2.14 bits per heavy atom. The lowest BCUT2D eigenvalue weighted by Crippen LogP contribution is -2.08. The van der Waals surface area contributed by atoms with Gasteiger partial charge in [-0.05, 0) is 67.1 Å². The lowest BCUT2D eigenvalue weighted by Gasteiger charge is -2.09. The first-order chi connectivity index (χ1) is 14.0. The summed E-state index contributed by atoms with van der Waals surface area (Å²) >= 11 is 0. The van der Waals surface area contributed by atoms with Gasteiger partial charge in [0.2, 0.25) is 0 Å². The Hall–Kier alpha value is -3.08. The molecule has 0 heterocycles. The van der Waals surface area contributed by atoms with Crippen molar-refractivity contribution >= 4 is 11.9 Å². The zero-order valence-corrected chi connectivity index (χ0v) is 17.1. The highest BCUT2D eigenvalue weighted by atomic mass is 16.5. The van der Waals surface area contributed by atoms with Crippen molar-refractivity contribution in [2.75, 3.05) is 13.2 Å². The summed E-state index contributed by atoms with van der Waals surface area (Å²) in [6.07, 6.45) is 3.68. The van der Waals surface area contributed by atoms with Gasteiger partial charge in [-0.25, -0.2) is 9.59 Å². The highest BCUT2D eigenvalue weighted by molar-refractivity contribution is 5.91. The molecule has 0 aliphatic carbocycles. The van der Waals surface area contributed by atoms with Crippen LogP contribution in [-0.2, 0) is 9.53 Å². The number of hydrogen-bond donors (Lipinski definition) is 0. The molecule has 0 amide bonds.